The summed E-state index contributed by atoms with van der Waals surface area (Å²) in [6.07, 6.45) is 2.54. The molecule has 1 fully saturated rings. The van der Waals surface area contributed by atoms with Crippen molar-refractivity contribution in [2.24, 2.45) is 0 Å². The van der Waals surface area contributed by atoms with Gasteiger partial charge in [0, 0.05) is 6.20 Å². The lowest BCUT2D eigenvalue weighted by molar-refractivity contribution is -0.138. The maximum Gasteiger partial charge on any atom is 0.237 e. The van der Waals surface area contributed by atoms with Crippen LogP contribution in [0.25, 0.3) is 0 Å². The van der Waals surface area contributed by atoms with E-state index in [2.05, 4.69) is 0 Å². The zero-order chi connectivity index (χ0) is 9.59. The Morgan fingerprint density at radius 1 is 1.77 bits per heavy atom. The highest BCUT2D eigenvalue weighted by Crippen LogP contribution is 2.34. The molecule has 0 aromatic rings. The Labute approximate surface area is 78.8 Å². The molecule has 3 atom stereocenters. The fraction of sp³-hybridized carbons (Fsp3) is 0.500. The van der Waals surface area contributed by atoms with Gasteiger partial charge < -0.3 is 4.55 Å². The molecular weight excluding hydrogens is 190 g/mol. The Hall–Kier alpha value is -0.810. The van der Waals surface area contributed by atoms with Gasteiger partial charge in [-0.05, 0) is 18.1 Å². The molecule has 0 aliphatic carbocycles. The van der Waals surface area contributed by atoms with Crippen molar-refractivity contribution >= 4 is 23.4 Å². The lowest BCUT2D eigenvalue weighted by Gasteiger charge is -2.43. The third kappa shape index (κ3) is 1.11. The fourth-order valence-electron chi connectivity index (χ4n) is 1.51. The van der Waals surface area contributed by atoms with E-state index >= 15 is 0 Å². The van der Waals surface area contributed by atoms with E-state index < -0.39 is 11.2 Å². The number of carbonyl (C=O) groups excluding carboxylic acids is 2. The van der Waals surface area contributed by atoms with E-state index in [1.165, 1.54) is 11.1 Å². The highest BCUT2D eigenvalue weighted by atomic mass is 32.2. The number of hydrogen-bond acceptors (Lipinski definition) is 3. The van der Waals surface area contributed by atoms with Crippen LogP contribution >= 0.6 is 0 Å². The molecule has 0 aromatic carbocycles. The predicted molar refractivity (Wildman–Crippen MR) is 47.0 cm³/mol. The number of nitrogens with zero attached hydrogens (tertiary/aromatic N) is 1. The van der Waals surface area contributed by atoms with Crippen LogP contribution in [-0.2, 0) is 20.8 Å². The third-order valence-electron chi connectivity index (χ3n) is 2.46. The highest BCUT2D eigenvalue weighted by Gasteiger charge is 2.49. The van der Waals surface area contributed by atoms with E-state index in [1.54, 1.807) is 6.92 Å². The molecule has 0 bridgehead atoms. The normalized spacial score (nSPS) is 37.7. The molecule has 0 spiro atoms. The molecule has 2 heterocycles. The van der Waals surface area contributed by atoms with Gasteiger partial charge in [0.05, 0.1) is 12.0 Å². The molecular formula is C8H9NO3S. The summed E-state index contributed by atoms with van der Waals surface area (Å²) in [7, 11) is 0. The van der Waals surface area contributed by atoms with Crippen molar-refractivity contribution in [3.8, 4) is 0 Å². The minimum Gasteiger partial charge on any atom is -0.614 e. The molecule has 70 valence electrons. The van der Waals surface area contributed by atoms with Crippen LogP contribution in [0.4, 0.5) is 0 Å². The van der Waals surface area contributed by atoms with Crippen LogP contribution in [0, 0.1) is 0 Å². The minimum absolute atomic E-state index is 0.0513. The summed E-state index contributed by atoms with van der Waals surface area (Å²) in [5, 5.41) is -0.432. The summed E-state index contributed by atoms with van der Waals surface area (Å²) in [5.41, 5.74) is 0.447. The van der Waals surface area contributed by atoms with Gasteiger partial charge in [0.1, 0.15) is 5.25 Å². The first-order chi connectivity index (χ1) is 6.15. The van der Waals surface area contributed by atoms with Crippen LogP contribution in [0.2, 0.25) is 0 Å². The summed E-state index contributed by atoms with van der Waals surface area (Å²) < 4.78 is 11.6. The van der Waals surface area contributed by atoms with Crippen LogP contribution in [0.5, 0.6) is 0 Å². The van der Waals surface area contributed by atoms with Crippen LogP contribution in [0.3, 0.4) is 0 Å². The topological polar surface area (TPSA) is 60.4 Å². The first kappa shape index (κ1) is 8.77. The van der Waals surface area contributed by atoms with E-state index in [-0.39, 0.29) is 16.5 Å². The molecule has 1 saturated heterocycles. The highest BCUT2D eigenvalue weighted by molar-refractivity contribution is 7.93. The van der Waals surface area contributed by atoms with Gasteiger partial charge in [-0.15, -0.1) is 0 Å². The van der Waals surface area contributed by atoms with Crippen molar-refractivity contribution in [3.05, 3.63) is 11.8 Å². The number of amides is 1. The minimum atomic E-state index is -1.12. The average Bonchev–Trinajstić information content (AvgIpc) is 2.12. The first-order valence-corrected chi connectivity index (χ1v) is 5.30. The van der Waals surface area contributed by atoms with E-state index in [1.807, 2.05) is 0 Å². The molecule has 0 aromatic heterocycles. The Balaban J connectivity index is 2.31. The van der Waals surface area contributed by atoms with E-state index in [0.29, 0.717) is 18.3 Å². The molecule has 4 nitrogen and oxygen atoms in total. The monoisotopic (exact) mass is 199 g/mol. The molecule has 1 unspecified atom stereocenters. The van der Waals surface area contributed by atoms with Gasteiger partial charge in [0.2, 0.25) is 11.3 Å². The lowest BCUT2D eigenvalue weighted by atomic mass is 10.1. The van der Waals surface area contributed by atoms with Crippen molar-refractivity contribution in [3.63, 3.8) is 0 Å². The Bertz CT molecular complexity index is 302. The Morgan fingerprint density at radius 3 is 3.00 bits per heavy atom. The largest absolute Gasteiger partial charge is 0.614 e. The molecule has 2 aliphatic heterocycles. The zero-order valence-electron chi connectivity index (χ0n) is 7.10. The van der Waals surface area contributed by atoms with Crippen molar-refractivity contribution in [2.75, 3.05) is 0 Å². The molecule has 2 aliphatic rings. The third-order valence-corrected chi connectivity index (χ3v) is 4.36. The average molecular weight is 199 g/mol. The predicted octanol–water partition coefficient (Wildman–Crippen LogP) is -0.222. The van der Waals surface area contributed by atoms with Gasteiger partial charge in [0.25, 0.3) is 0 Å². The van der Waals surface area contributed by atoms with Crippen molar-refractivity contribution in [2.45, 2.75) is 24.0 Å². The van der Waals surface area contributed by atoms with Crippen molar-refractivity contribution < 1.29 is 14.1 Å². The van der Waals surface area contributed by atoms with Gasteiger partial charge >= 0.3 is 0 Å². The zero-order valence-corrected chi connectivity index (χ0v) is 7.91. The lowest BCUT2D eigenvalue weighted by Crippen LogP contribution is -2.58. The SMILES string of the molecule is C[C@@H]1C(C=O)=CN2C(=O)C[C@H]2[S+]1[O-]. The summed E-state index contributed by atoms with van der Waals surface area (Å²) in [6, 6.07) is 0. The second kappa shape index (κ2) is 2.85. The van der Waals surface area contributed by atoms with Crippen molar-refractivity contribution in [1.82, 2.24) is 4.90 Å². The molecule has 2 rings (SSSR count). The van der Waals surface area contributed by atoms with E-state index in [0.717, 1.165) is 0 Å². The van der Waals surface area contributed by atoms with Crippen LogP contribution in [0.1, 0.15) is 13.3 Å². The molecule has 5 heteroatoms. The van der Waals surface area contributed by atoms with Gasteiger partial charge in [-0.3, -0.25) is 14.5 Å². The smallest absolute Gasteiger partial charge is 0.237 e. The van der Waals surface area contributed by atoms with Gasteiger partial charge in [-0.25, -0.2) is 0 Å². The van der Waals surface area contributed by atoms with Gasteiger partial charge in [0.15, 0.2) is 6.29 Å². The number of carbonyl (C=O) groups is 2. The van der Waals surface area contributed by atoms with Gasteiger partial charge in [-0.2, -0.15) is 0 Å². The maximum absolute atomic E-state index is 11.6. The van der Waals surface area contributed by atoms with Crippen LogP contribution in [0.15, 0.2) is 11.8 Å². The molecule has 0 N–H and O–H groups in total. The second-order valence-electron chi connectivity index (χ2n) is 3.18. The number of β-lactam (4-membered cyclic amide) rings is 1. The first-order valence-electron chi connectivity index (χ1n) is 4.02. The van der Waals surface area contributed by atoms with E-state index in [4.69, 9.17) is 0 Å². The van der Waals surface area contributed by atoms with E-state index in [9.17, 15) is 14.1 Å². The second-order valence-corrected chi connectivity index (χ2v) is 5.09. The van der Waals surface area contributed by atoms with Crippen LogP contribution in [-0.4, -0.2) is 32.3 Å². The summed E-state index contributed by atoms with van der Waals surface area (Å²) in [5.74, 6) is -0.0513. The summed E-state index contributed by atoms with van der Waals surface area (Å²) in [6.45, 7) is 1.75. The van der Waals surface area contributed by atoms with Gasteiger partial charge in [-0.1, -0.05) is 0 Å². The number of hydrogen-bond donors (Lipinski definition) is 0. The number of aldehydes is 1. The molecule has 13 heavy (non-hydrogen) atoms. The molecule has 0 saturated carbocycles. The quantitative estimate of drug-likeness (QED) is 0.333. The van der Waals surface area contributed by atoms with Crippen molar-refractivity contribution in [1.29, 1.82) is 0 Å². The summed E-state index contributed by atoms with van der Waals surface area (Å²) >= 11 is -1.12. The standard InChI is InChI=1S/C8H9NO3S/c1-5-6(4-10)3-9-7(11)2-8(9)13(5)12/h3-5,8H,2H2,1H3/t5-,8-,13?/m1/s1. The molecule has 0 radical (unpaired) electrons. The molecule has 1 amide bonds. The number of fused-ring (bicyclic) bond motifs is 1. The Morgan fingerprint density at radius 2 is 2.46 bits per heavy atom. The number of rotatable bonds is 1. The maximum atomic E-state index is 11.6. The van der Waals surface area contributed by atoms with Crippen LogP contribution < -0.4 is 0 Å². The fourth-order valence-corrected chi connectivity index (χ4v) is 3.08. The summed E-state index contributed by atoms with van der Waals surface area (Å²) in [4.78, 5) is 23.0. The Kier molecular flexibility index (Phi) is 1.92.